The molecular weight excluding hydrogens is 301 g/mol. The number of rotatable bonds is 2. The molecule has 0 spiro atoms. The molecule has 1 aromatic heterocycles. The summed E-state index contributed by atoms with van der Waals surface area (Å²) in [6, 6.07) is 8.31. The molecule has 0 bridgehead atoms. The molecule has 0 unspecified atom stereocenters. The van der Waals surface area contributed by atoms with Gasteiger partial charge in [-0.25, -0.2) is 9.79 Å². The van der Waals surface area contributed by atoms with Gasteiger partial charge in [-0.15, -0.1) is 0 Å². The summed E-state index contributed by atoms with van der Waals surface area (Å²) < 4.78 is 10.2. The van der Waals surface area contributed by atoms with Crippen molar-refractivity contribution >= 4 is 41.1 Å². The maximum absolute atomic E-state index is 11.7. The van der Waals surface area contributed by atoms with Gasteiger partial charge in [0.05, 0.1) is 16.3 Å². The molecule has 100 valence electrons. The van der Waals surface area contributed by atoms with Crippen molar-refractivity contribution in [3.63, 3.8) is 0 Å². The van der Waals surface area contributed by atoms with Gasteiger partial charge in [0.1, 0.15) is 5.76 Å². The third-order valence-electron chi connectivity index (χ3n) is 2.61. The summed E-state index contributed by atoms with van der Waals surface area (Å²) in [5.41, 5.74) is 0.747. The maximum Gasteiger partial charge on any atom is 0.363 e. The Morgan fingerprint density at radius 1 is 1.15 bits per heavy atom. The quantitative estimate of drug-likeness (QED) is 0.624. The summed E-state index contributed by atoms with van der Waals surface area (Å²) in [4.78, 5) is 15.9. The summed E-state index contributed by atoms with van der Waals surface area (Å²) in [6.45, 7) is 0. The summed E-state index contributed by atoms with van der Waals surface area (Å²) in [7, 11) is 0. The number of hydrogen-bond donors (Lipinski definition) is 0. The topological polar surface area (TPSA) is 51.8 Å². The van der Waals surface area contributed by atoms with E-state index in [4.69, 9.17) is 32.4 Å². The van der Waals surface area contributed by atoms with E-state index in [0.717, 1.165) is 0 Å². The molecule has 4 nitrogen and oxygen atoms in total. The van der Waals surface area contributed by atoms with E-state index < -0.39 is 5.97 Å². The Balaban J connectivity index is 1.96. The number of cyclic esters (lactones) is 1. The second-order valence-electron chi connectivity index (χ2n) is 3.98. The zero-order valence-corrected chi connectivity index (χ0v) is 11.5. The fraction of sp³-hybridized carbons (Fsp3) is 0. The van der Waals surface area contributed by atoms with Gasteiger partial charge in [0.15, 0.2) is 5.70 Å². The smallest absolute Gasteiger partial charge is 0.363 e. The molecule has 2 aromatic rings. The summed E-state index contributed by atoms with van der Waals surface area (Å²) in [6.07, 6.45) is 3.02. The van der Waals surface area contributed by atoms with Crippen molar-refractivity contribution in [2.45, 2.75) is 0 Å². The highest BCUT2D eigenvalue weighted by Crippen LogP contribution is 2.25. The second kappa shape index (κ2) is 5.15. The number of hydrogen-bond acceptors (Lipinski definition) is 4. The van der Waals surface area contributed by atoms with Gasteiger partial charge in [-0.1, -0.05) is 23.2 Å². The number of benzene rings is 1. The van der Waals surface area contributed by atoms with E-state index >= 15 is 0 Å². The standard InChI is InChI=1S/C14H7Cl2NO3/c15-10-4-3-8(6-11(10)16)13-17-12(14(18)20-13)7-9-2-1-5-19-9/h1-7H/b12-7-. The van der Waals surface area contributed by atoms with Crippen LogP contribution >= 0.6 is 23.2 Å². The third-order valence-corrected chi connectivity index (χ3v) is 3.35. The lowest BCUT2D eigenvalue weighted by molar-refractivity contribution is -0.129. The molecule has 0 aliphatic carbocycles. The highest BCUT2D eigenvalue weighted by atomic mass is 35.5. The van der Waals surface area contributed by atoms with E-state index in [1.165, 1.54) is 12.3 Å². The number of carbonyl (C=O) groups is 1. The van der Waals surface area contributed by atoms with E-state index in [1.807, 2.05) is 0 Å². The molecule has 1 aliphatic rings. The van der Waals surface area contributed by atoms with Gasteiger partial charge in [0.2, 0.25) is 5.90 Å². The molecular formula is C14H7Cl2NO3. The Morgan fingerprint density at radius 3 is 2.70 bits per heavy atom. The fourth-order valence-electron chi connectivity index (χ4n) is 1.67. The fourth-order valence-corrected chi connectivity index (χ4v) is 1.97. The zero-order valence-electron chi connectivity index (χ0n) is 9.97. The minimum absolute atomic E-state index is 0.168. The number of halogens is 2. The van der Waals surface area contributed by atoms with E-state index in [-0.39, 0.29) is 11.6 Å². The van der Waals surface area contributed by atoms with Crippen LogP contribution in [0, 0.1) is 0 Å². The van der Waals surface area contributed by atoms with E-state index in [0.29, 0.717) is 21.4 Å². The lowest BCUT2D eigenvalue weighted by Gasteiger charge is -2.01. The molecule has 1 aliphatic heterocycles. The van der Waals surface area contributed by atoms with Crippen LogP contribution in [0.1, 0.15) is 11.3 Å². The molecule has 0 amide bonds. The van der Waals surface area contributed by atoms with Crippen LogP contribution in [-0.4, -0.2) is 11.9 Å². The van der Waals surface area contributed by atoms with Crippen LogP contribution in [0.5, 0.6) is 0 Å². The number of nitrogens with zero attached hydrogens (tertiary/aromatic N) is 1. The monoisotopic (exact) mass is 307 g/mol. The molecule has 3 rings (SSSR count). The largest absolute Gasteiger partial charge is 0.465 e. The van der Waals surface area contributed by atoms with Crippen molar-refractivity contribution in [2.24, 2.45) is 4.99 Å². The van der Waals surface area contributed by atoms with Gasteiger partial charge in [-0.3, -0.25) is 0 Å². The Kier molecular flexibility index (Phi) is 3.34. The second-order valence-corrected chi connectivity index (χ2v) is 4.79. The summed E-state index contributed by atoms with van der Waals surface area (Å²) >= 11 is 11.8. The van der Waals surface area contributed by atoms with Crippen molar-refractivity contribution < 1.29 is 13.9 Å². The van der Waals surface area contributed by atoms with E-state index in [2.05, 4.69) is 4.99 Å². The molecule has 0 radical (unpaired) electrons. The lowest BCUT2D eigenvalue weighted by Crippen LogP contribution is -2.05. The Morgan fingerprint density at radius 2 is 2.00 bits per heavy atom. The zero-order chi connectivity index (χ0) is 14.1. The lowest BCUT2D eigenvalue weighted by atomic mass is 10.2. The molecule has 20 heavy (non-hydrogen) atoms. The molecule has 0 fully saturated rings. The number of carbonyl (C=O) groups excluding carboxylic acids is 1. The molecule has 0 N–H and O–H groups in total. The number of ether oxygens (including phenoxy) is 1. The van der Waals surface area contributed by atoms with Gasteiger partial charge in [-0.2, -0.15) is 0 Å². The molecule has 0 saturated carbocycles. The molecule has 6 heteroatoms. The van der Waals surface area contributed by atoms with Crippen LogP contribution in [0.3, 0.4) is 0 Å². The van der Waals surface area contributed by atoms with Crippen LogP contribution in [0.2, 0.25) is 10.0 Å². The first kappa shape index (κ1) is 13.0. The average Bonchev–Trinajstić information content (AvgIpc) is 3.04. The van der Waals surface area contributed by atoms with Crippen molar-refractivity contribution in [1.82, 2.24) is 0 Å². The number of furan rings is 1. The van der Waals surface area contributed by atoms with Crippen LogP contribution in [0.25, 0.3) is 6.08 Å². The van der Waals surface area contributed by atoms with Gasteiger partial charge >= 0.3 is 5.97 Å². The van der Waals surface area contributed by atoms with Crippen molar-refractivity contribution in [3.05, 3.63) is 63.7 Å². The van der Waals surface area contributed by atoms with E-state index in [1.54, 1.807) is 30.3 Å². The van der Waals surface area contributed by atoms with Gasteiger partial charge in [0.25, 0.3) is 0 Å². The van der Waals surface area contributed by atoms with Crippen LogP contribution < -0.4 is 0 Å². The Bertz CT molecular complexity index is 733. The number of aliphatic imine (C=N–C) groups is 1. The predicted octanol–water partition coefficient (Wildman–Crippen LogP) is 3.93. The first-order chi connectivity index (χ1) is 9.63. The maximum atomic E-state index is 11.7. The molecule has 0 atom stereocenters. The summed E-state index contributed by atoms with van der Waals surface area (Å²) in [5.74, 6) is 0.171. The number of esters is 1. The van der Waals surface area contributed by atoms with E-state index in [9.17, 15) is 4.79 Å². The molecule has 2 heterocycles. The van der Waals surface area contributed by atoms with Crippen LogP contribution in [0.4, 0.5) is 0 Å². The highest BCUT2D eigenvalue weighted by Gasteiger charge is 2.24. The summed E-state index contributed by atoms with van der Waals surface area (Å²) in [5, 5.41) is 0.790. The van der Waals surface area contributed by atoms with Crippen molar-refractivity contribution in [3.8, 4) is 0 Å². The third kappa shape index (κ3) is 2.48. The minimum Gasteiger partial charge on any atom is -0.465 e. The van der Waals surface area contributed by atoms with Gasteiger partial charge in [0, 0.05) is 11.6 Å². The van der Waals surface area contributed by atoms with Gasteiger partial charge < -0.3 is 9.15 Å². The van der Waals surface area contributed by atoms with Crippen LogP contribution in [0.15, 0.2) is 51.7 Å². The normalized spacial score (nSPS) is 16.4. The van der Waals surface area contributed by atoms with Gasteiger partial charge in [-0.05, 0) is 30.3 Å². The Labute approximate surface area is 124 Å². The molecule has 0 saturated heterocycles. The Hall–Kier alpha value is -2.04. The first-order valence-electron chi connectivity index (χ1n) is 5.65. The SMILES string of the molecule is O=C1OC(c2ccc(Cl)c(Cl)c2)=N/C1=C\c1ccco1. The molecule has 1 aromatic carbocycles. The predicted molar refractivity (Wildman–Crippen MR) is 75.8 cm³/mol. The minimum atomic E-state index is -0.539. The average molecular weight is 308 g/mol. The highest BCUT2D eigenvalue weighted by molar-refractivity contribution is 6.42. The van der Waals surface area contributed by atoms with Crippen LogP contribution in [-0.2, 0) is 9.53 Å². The van der Waals surface area contributed by atoms with Crippen molar-refractivity contribution in [1.29, 1.82) is 0 Å². The first-order valence-corrected chi connectivity index (χ1v) is 6.40. The van der Waals surface area contributed by atoms with Crippen molar-refractivity contribution in [2.75, 3.05) is 0 Å².